The van der Waals surface area contributed by atoms with Crippen LogP contribution in [0.1, 0.15) is 43.9 Å². The Morgan fingerprint density at radius 3 is 2.77 bits per heavy atom. The predicted octanol–water partition coefficient (Wildman–Crippen LogP) is 4.62. The van der Waals surface area contributed by atoms with Gasteiger partial charge in [0.1, 0.15) is 6.04 Å². The highest BCUT2D eigenvalue weighted by atomic mass is 32.2. The van der Waals surface area contributed by atoms with Crippen molar-refractivity contribution in [3.05, 3.63) is 77.3 Å². The average molecular weight is 418 g/mol. The summed E-state index contributed by atoms with van der Waals surface area (Å²) in [6, 6.07) is 13.9. The third kappa shape index (κ3) is 3.54. The van der Waals surface area contributed by atoms with Crippen LogP contribution < -0.4 is 5.32 Å². The van der Waals surface area contributed by atoms with Gasteiger partial charge in [-0.2, -0.15) is 4.98 Å². The summed E-state index contributed by atoms with van der Waals surface area (Å²) in [7, 11) is 0. The van der Waals surface area contributed by atoms with Crippen molar-refractivity contribution in [1.82, 2.24) is 19.7 Å². The molecule has 1 aromatic carbocycles. The first kappa shape index (κ1) is 19.1. The highest BCUT2D eigenvalue weighted by molar-refractivity contribution is 7.98. The molecule has 2 aliphatic rings. The maximum atomic E-state index is 13.2. The van der Waals surface area contributed by atoms with Gasteiger partial charge in [0.2, 0.25) is 11.1 Å². The van der Waals surface area contributed by atoms with Crippen LogP contribution in [0.25, 0.3) is 0 Å². The first-order chi connectivity index (χ1) is 14.5. The zero-order valence-corrected chi connectivity index (χ0v) is 17.8. The first-order valence-electron chi connectivity index (χ1n) is 10.1. The Balaban J connectivity index is 1.53. The van der Waals surface area contributed by atoms with Crippen molar-refractivity contribution >= 4 is 23.5 Å². The van der Waals surface area contributed by atoms with Gasteiger partial charge >= 0.3 is 0 Å². The fourth-order valence-electron chi connectivity index (χ4n) is 4.22. The van der Waals surface area contributed by atoms with Crippen molar-refractivity contribution in [1.29, 1.82) is 0 Å². The summed E-state index contributed by atoms with van der Waals surface area (Å²) in [6.07, 6.45) is 4.90. The van der Waals surface area contributed by atoms with Crippen molar-refractivity contribution in [2.45, 2.75) is 43.6 Å². The molecule has 152 valence electrons. The molecule has 0 radical (unpaired) electrons. The van der Waals surface area contributed by atoms with E-state index < -0.39 is 0 Å². The Labute approximate surface area is 179 Å². The predicted molar refractivity (Wildman–Crippen MR) is 117 cm³/mol. The molecule has 3 heterocycles. The van der Waals surface area contributed by atoms with E-state index in [9.17, 15) is 4.79 Å². The molecular formula is C23H23N5OS. The Kier molecular flexibility index (Phi) is 4.70. The maximum absolute atomic E-state index is 13.2. The normalized spacial score (nSPS) is 19.8. The number of benzene rings is 1. The second kappa shape index (κ2) is 7.40. The number of anilines is 1. The number of rotatable bonds is 4. The zero-order valence-electron chi connectivity index (χ0n) is 17.0. The molecule has 0 unspecified atom stereocenters. The van der Waals surface area contributed by atoms with Crippen molar-refractivity contribution in [3.8, 4) is 0 Å². The number of carbonyl (C=O) groups excluding carboxylic acids is 1. The minimum Gasteiger partial charge on any atom is -0.328 e. The van der Waals surface area contributed by atoms with E-state index in [0.29, 0.717) is 17.5 Å². The van der Waals surface area contributed by atoms with E-state index in [4.69, 9.17) is 10.1 Å². The fraction of sp³-hybridized carbons (Fsp3) is 0.304. The molecule has 30 heavy (non-hydrogen) atoms. The second-order valence-corrected chi connectivity index (χ2v) is 9.53. The zero-order chi connectivity index (χ0) is 20.7. The number of thioether (sulfide) groups is 1. The largest absolute Gasteiger partial charge is 0.328 e. The summed E-state index contributed by atoms with van der Waals surface area (Å²) in [6.45, 7) is 4.27. The molecule has 5 rings (SSSR count). The van der Waals surface area contributed by atoms with Crippen molar-refractivity contribution in [3.63, 3.8) is 0 Å². The van der Waals surface area contributed by atoms with E-state index in [1.54, 1.807) is 18.0 Å². The number of allylic oxidation sites excluding steroid dienone is 2. The van der Waals surface area contributed by atoms with Crippen LogP contribution in [0.4, 0.5) is 5.95 Å². The highest BCUT2D eigenvalue weighted by Gasteiger charge is 2.41. The molecule has 3 aromatic rings. The van der Waals surface area contributed by atoms with Gasteiger partial charge in [0.25, 0.3) is 0 Å². The van der Waals surface area contributed by atoms with E-state index in [1.165, 1.54) is 5.56 Å². The molecule has 1 N–H and O–H groups in total. The average Bonchev–Trinajstić information content (AvgIpc) is 3.13. The number of nitrogens with one attached hydrogen (secondary N) is 1. The van der Waals surface area contributed by atoms with E-state index >= 15 is 0 Å². The summed E-state index contributed by atoms with van der Waals surface area (Å²) < 4.78 is 1.85. The standard InChI is InChI=1S/C23H23N5OS/c1-23(2)11-17-19(18(29)12-23)20(16-9-6-10-24-13-16)28-21(25-17)26-22(27-28)30-14-15-7-4-3-5-8-15/h3-10,13,20H,11-12,14H2,1-2H3,(H,25,26,27)/t20-/m0/s1. The van der Waals surface area contributed by atoms with Crippen molar-refractivity contribution < 1.29 is 4.79 Å². The Morgan fingerprint density at radius 2 is 2.00 bits per heavy atom. The van der Waals surface area contributed by atoms with E-state index in [2.05, 4.69) is 36.3 Å². The molecule has 2 aromatic heterocycles. The number of Topliss-reactive ketones (excluding diaryl/α,β-unsaturated/α-hetero) is 1. The molecule has 0 spiro atoms. The molecule has 0 saturated heterocycles. The molecule has 6 nitrogen and oxygen atoms in total. The molecule has 0 saturated carbocycles. The van der Waals surface area contributed by atoms with Crippen LogP contribution in [-0.4, -0.2) is 25.5 Å². The topological polar surface area (TPSA) is 72.7 Å². The minimum atomic E-state index is -0.299. The van der Waals surface area contributed by atoms with Crippen LogP contribution in [0.5, 0.6) is 0 Å². The number of pyridine rings is 1. The lowest BCUT2D eigenvalue weighted by molar-refractivity contribution is -0.118. The van der Waals surface area contributed by atoms with Crippen LogP contribution in [0.15, 0.2) is 71.3 Å². The number of ketones is 1. The number of fused-ring (bicyclic) bond motifs is 1. The van der Waals surface area contributed by atoms with Crippen LogP contribution in [0.3, 0.4) is 0 Å². The SMILES string of the molecule is CC1(C)CC(=O)C2=C(C1)Nc1nc(SCc3ccccc3)nn1[C@H]2c1cccnc1. The summed E-state index contributed by atoms with van der Waals surface area (Å²) in [5, 5.41) is 8.89. The molecule has 1 aliphatic carbocycles. The van der Waals surface area contributed by atoms with E-state index in [1.807, 2.05) is 41.2 Å². The number of hydrogen-bond acceptors (Lipinski definition) is 6. The third-order valence-corrected chi connectivity index (χ3v) is 6.43. The Hall–Kier alpha value is -2.93. The first-order valence-corrected chi connectivity index (χ1v) is 11.1. The lowest BCUT2D eigenvalue weighted by Gasteiger charge is -2.38. The summed E-state index contributed by atoms with van der Waals surface area (Å²) >= 11 is 1.60. The molecule has 1 aliphatic heterocycles. The van der Waals surface area contributed by atoms with Gasteiger partial charge < -0.3 is 5.32 Å². The van der Waals surface area contributed by atoms with Gasteiger partial charge in [0.05, 0.1) is 0 Å². The number of hydrogen-bond donors (Lipinski definition) is 1. The minimum absolute atomic E-state index is 0.0739. The fourth-order valence-corrected chi connectivity index (χ4v) is 5.00. The van der Waals surface area contributed by atoms with Gasteiger partial charge in [0.15, 0.2) is 5.78 Å². The van der Waals surface area contributed by atoms with Crippen molar-refractivity contribution in [2.24, 2.45) is 5.41 Å². The van der Waals surface area contributed by atoms with Crippen molar-refractivity contribution in [2.75, 3.05) is 5.32 Å². The van der Waals surface area contributed by atoms with Crippen LogP contribution in [0.2, 0.25) is 0 Å². The molecule has 1 atom stereocenters. The quantitative estimate of drug-likeness (QED) is 0.624. The van der Waals surface area contributed by atoms with Crippen LogP contribution in [0, 0.1) is 5.41 Å². The second-order valence-electron chi connectivity index (χ2n) is 8.58. The smallest absolute Gasteiger partial charge is 0.227 e. The lowest BCUT2D eigenvalue weighted by atomic mass is 9.73. The summed E-state index contributed by atoms with van der Waals surface area (Å²) in [4.78, 5) is 22.2. The van der Waals surface area contributed by atoms with Gasteiger partial charge in [0, 0.05) is 35.8 Å². The van der Waals surface area contributed by atoms with E-state index in [0.717, 1.165) is 29.0 Å². The van der Waals surface area contributed by atoms with Gasteiger partial charge in [-0.3, -0.25) is 9.78 Å². The summed E-state index contributed by atoms with van der Waals surface area (Å²) in [5.41, 5.74) is 3.85. The molecule has 0 bridgehead atoms. The molecule has 0 amide bonds. The Morgan fingerprint density at radius 1 is 1.17 bits per heavy atom. The van der Waals surface area contributed by atoms with Gasteiger partial charge in [-0.1, -0.05) is 62.0 Å². The molecule has 7 heteroatoms. The monoisotopic (exact) mass is 417 g/mol. The van der Waals surface area contributed by atoms with Gasteiger partial charge in [-0.25, -0.2) is 4.68 Å². The highest BCUT2D eigenvalue weighted by Crippen LogP contribution is 2.45. The van der Waals surface area contributed by atoms with Crippen LogP contribution >= 0.6 is 11.8 Å². The van der Waals surface area contributed by atoms with Gasteiger partial charge in [-0.05, 0) is 29.0 Å². The third-order valence-electron chi connectivity index (χ3n) is 5.52. The molecular weight excluding hydrogens is 394 g/mol. The molecule has 0 fully saturated rings. The number of carbonyl (C=O) groups is 1. The Bertz CT molecular complexity index is 1120. The number of nitrogens with zero attached hydrogens (tertiary/aromatic N) is 4. The lowest BCUT2D eigenvalue weighted by Crippen LogP contribution is -2.36. The van der Waals surface area contributed by atoms with Crippen LogP contribution in [-0.2, 0) is 10.5 Å². The van der Waals surface area contributed by atoms with E-state index in [-0.39, 0.29) is 17.2 Å². The maximum Gasteiger partial charge on any atom is 0.227 e. The number of aromatic nitrogens is 4. The summed E-state index contributed by atoms with van der Waals surface area (Å²) in [5.74, 6) is 1.65. The van der Waals surface area contributed by atoms with Gasteiger partial charge in [-0.15, -0.1) is 5.10 Å².